The number of benzene rings is 1. The van der Waals surface area contributed by atoms with E-state index in [4.69, 9.17) is 16.7 Å². The summed E-state index contributed by atoms with van der Waals surface area (Å²) in [6, 6.07) is 5.70. The number of hydrogen-bond donors (Lipinski definition) is 2. The Balaban J connectivity index is 1.84. The molecular formula is C22H32ClN3O5S. The van der Waals surface area contributed by atoms with E-state index in [1.165, 1.54) is 12.1 Å². The lowest BCUT2D eigenvalue weighted by atomic mass is 9.81. The summed E-state index contributed by atoms with van der Waals surface area (Å²) >= 11 is 5.92. The normalized spacial score (nSPS) is 26.7. The lowest BCUT2D eigenvalue weighted by Crippen LogP contribution is -2.53. The van der Waals surface area contributed by atoms with Crippen LogP contribution in [0.5, 0.6) is 0 Å². The molecule has 1 aliphatic heterocycles. The molecule has 4 atom stereocenters. The third kappa shape index (κ3) is 5.55. The number of sulfone groups is 1. The molecule has 2 aliphatic rings. The Kier molecular flexibility index (Phi) is 7.73. The minimum atomic E-state index is -3.58. The molecule has 0 spiro atoms. The quantitative estimate of drug-likeness (QED) is 0.615. The fraction of sp³-hybridized carbons (Fsp3) is 0.636. The van der Waals surface area contributed by atoms with Crippen LogP contribution in [-0.2, 0) is 14.6 Å². The molecule has 8 nitrogen and oxygen atoms in total. The number of nitrogens with one attached hydrogen (secondary N) is 1. The van der Waals surface area contributed by atoms with Gasteiger partial charge in [0.15, 0.2) is 9.84 Å². The van der Waals surface area contributed by atoms with E-state index in [2.05, 4.69) is 24.1 Å². The molecule has 3 rings (SSSR count). The van der Waals surface area contributed by atoms with Crippen LogP contribution in [0.15, 0.2) is 29.2 Å². The monoisotopic (exact) mass is 485 g/mol. The van der Waals surface area contributed by atoms with Gasteiger partial charge in [-0.1, -0.05) is 11.6 Å². The molecule has 0 unspecified atom stereocenters. The first-order chi connectivity index (χ1) is 15.0. The van der Waals surface area contributed by atoms with Crippen molar-refractivity contribution in [3.63, 3.8) is 0 Å². The fourth-order valence-electron chi connectivity index (χ4n) is 4.94. The number of amides is 2. The third-order valence-corrected chi connectivity index (χ3v) is 8.96. The van der Waals surface area contributed by atoms with Crippen molar-refractivity contribution in [2.45, 2.75) is 68.6 Å². The molecule has 2 N–H and O–H groups in total. The van der Waals surface area contributed by atoms with Gasteiger partial charge in [-0.25, -0.2) is 13.2 Å². The average Bonchev–Trinajstić information content (AvgIpc) is 3.07. The molecule has 0 aromatic heterocycles. The van der Waals surface area contributed by atoms with E-state index in [9.17, 15) is 18.0 Å². The van der Waals surface area contributed by atoms with Gasteiger partial charge in [-0.05, 0) is 76.8 Å². The number of halogens is 1. The lowest BCUT2D eigenvalue weighted by Gasteiger charge is -2.44. The lowest BCUT2D eigenvalue weighted by molar-refractivity contribution is -0.133. The highest BCUT2D eigenvalue weighted by Crippen LogP contribution is 2.36. The Bertz CT molecular complexity index is 937. The zero-order valence-corrected chi connectivity index (χ0v) is 20.3. The van der Waals surface area contributed by atoms with Crippen molar-refractivity contribution in [3.05, 3.63) is 29.3 Å². The standard InChI is InChI=1S/C22H32ClN3O5S/c1-14(2)25(3)17-6-9-20(26-11-10-19(21(26)27)24-22(28)29)15(12-17)13-32(30,31)18-7-4-16(23)5-8-18/h4-5,7-8,14-15,17,19-20,24H,6,9-13H2,1-3H3,(H,28,29)/t15-,17-,19+,20+/m1/s1. The first-order valence-electron chi connectivity index (χ1n) is 11.0. The van der Waals surface area contributed by atoms with E-state index < -0.39 is 22.0 Å². The molecule has 1 aliphatic carbocycles. The molecular weight excluding hydrogens is 454 g/mol. The molecule has 2 amide bonds. The van der Waals surface area contributed by atoms with Gasteiger partial charge in [0.05, 0.1) is 10.6 Å². The van der Waals surface area contributed by atoms with Gasteiger partial charge < -0.3 is 20.2 Å². The molecule has 0 bridgehead atoms. The van der Waals surface area contributed by atoms with Crippen LogP contribution in [-0.4, -0.2) is 78.8 Å². The average molecular weight is 486 g/mol. The maximum absolute atomic E-state index is 13.2. The van der Waals surface area contributed by atoms with Gasteiger partial charge in [-0.15, -0.1) is 0 Å². The molecule has 10 heteroatoms. The maximum Gasteiger partial charge on any atom is 0.405 e. The van der Waals surface area contributed by atoms with Crippen LogP contribution >= 0.6 is 11.6 Å². The van der Waals surface area contributed by atoms with Gasteiger partial charge >= 0.3 is 6.09 Å². The highest BCUT2D eigenvalue weighted by molar-refractivity contribution is 7.91. The van der Waals surface area contributed by atoms with Gasteiger partial charge in [0.2, 0.25) is 5.91 Å². The molecule has 2 fully saturated rings. The van der Waals surface area contributed by atoms with Crippen LogP contribution in [0.4, 0.5) is 4.79 Å². The Labute approximate surface area is 194 Å². The van der Waals surface area contributed by atoms with Crippen molar-refractivity contribution in [1.82, 2.24) is 15.1 Å². The minimum Gasteiger partial charge on any atom is -0.465 e. The zero-order chi connectivity index (χ0) is 23.6. The van der Waals surface area contributed by atoms with Crippen molar-refractivity contribution in [2.75, 3.05) is 19.3 Å². The van der Waals surface area contributed by atoms with E-state index in [-0.39, 0.29) is 34.6 Å². The summed E-state index contributed by atoms with van der Waals surface area (Å²) in [6.45, 7) is 4.64. The molecule has 1 saturated heterocycles. The summed E-state index contributed by atoms with van der Waals surface area (Å²) < 4.78 is 26.4. The van der Waals surface area contributed by atoms with Crippen LogP contribution in [0.1, 0.15) is 39.5 Å². The largest absolute Gasteiger partial charge is 0.465 e. The molecule has 1 aromatic rings. The van der Waals surface area contributed by atoms with Gasteiger partial charge in [-0.2, -0.15) is 0 Å². The second-order valence-electron chi connectivity index (χ2n) is 9.11. The van der Waals surface area contributed by atoms with Gasteiger partial charge in [-0.3, -0.25) is 4.79 Å². The molecule has 1 saturated carbocycles. The summed E-state index contributed by atoms with van der Waals surface area (Å²) in [5, 5.41) is 11.8. The predicted molar refractivity (Wildman–Crippen MR) is 123 cm³/mol. The van der Waals surface area contributed by atoms with Crippen molar-refractivity contribution < 1.29 is 23.1 Å². The second kappa shape index (κ2) is 9.97. The summed E-state index contributed by atoms with van der Waals surface area (Å²) in [5.41, 5.74) is 0. The second-order valence-corrected chi connectivity index (χ2v) is 11.6. The zero-order valence-electron chi connectivity index (χ0n) is 18.7. The van der Waals surface area contributed by atoms with Crippen LogP contribution in [0.3, 0.4) is 0 Å². The highest BCUT2D eigenvalue weighted by Gasteiger charge is 2.44. The Morgan fingerprint density at radius 3 is 2.50 bits per heavy atom. The molecule has 1 aromatic carbocycles. The molecule has 178 valence electrons. The fourth-order valence-corrected chi connectivity index (χ4v) is 6.73. The number of carboxylic acid groups (broad SMARTS) is 1. The number of likely N-dealkylation sites (tertiary alicyclic amines) is 1. The van der Waals surface area contributed by atoms with E-state index in [0.717, 1.165) is 6.42 Å². The topological polar surface area (TPSA) is 107 Å². The molecule has 32 heavy (non-hydrogen) atoms. The Hall–Kier alpha value is -1.84. The van der Waals surface area contributed by atoms with E-state index >= 15 is 0 Å². The van der Waals surface area contributed by atoms with Gasteiger partial charge in [0, 0.05) is 29.7 Å². The third-order valence-electron chi connectivity index (χ3n) is 6.85. The molecule has 0 radical (unpaired) electrons. The summed E-state index contributed by atoms with van der Waals surface area (Å²) in [6.07, 6.45) is 1.38. The van der Waals surface area contributed by atoms with Crippen LogP contribution in [0.2, 0.25) is 5.02 Å². The van der Waals surface area contributed by atoms with Crippen LogP contribution in [0, 0.1) is 5.92 Å². The van der Waals surface area contributed by atoms with E-state index in [1.54, 1.807) is 17.0 Å². The SMILES string of the molecule is CC(C)N(C)[C@@H]1CC[C@H](N2CC[C@H](NC(=O)O)C2=O)[C@@H](CS(=O)(=O)c2ccc(Cl)cc2)C1. The summed E-state index contributed by atoms with van der Waals surface area (Å²) in [5.74, 6) is -0.576. The number of hydrogen-bond acceptors (Lipinski definition) is 5. The summed E-state index contributed by atoms with van der Waals surface area (Å²) in [7, 11) is -1.53. The Morgan fingerprint density at radius 2 is 1.91 bits per heavy atom. The minimum absolute atomic E-state index is 0.0669. The number of nitrogens with zero attached hydrogens (tertiary/aromatic N) is 2. The van der Waals surface area contributed by atoms with Crippen LogP contribution in [0.25, 0.3) is 0 Å². The predicted octanol–water partition coefficient (Wildman–Crippen LogP) is 2.86. The van der Waals surface area contributed by atoms with E-state index in [1.807, 2.05) is 7.05 Å². The first-order valence-corrected chi connectivity index (χ1v) is 13.0. The number of carbonyl (C=O) groups excluding carboxylic acids is 1. The Morgan fingerprint density at radius 1 is 1.25 bits per heavy atom. The number of rotatable bonds is 7. The van der Waals surface area contributed by atoms with Crippen molar-refractivity contribution in [2.24, 2.45) is 5.92 Å². The van der Waals surface area contributed by atoms with Gasteiger partial charge in [0.1, 0.15) is 6.04 Å². The number of carbonyl (C=O) groups is 2. The molecule has 1 heterocycles. The van der Waals surface area contributed by atoms with E-state index in [0.29, 0.717) is 36.9 Å². The maximum atomic E-state index is 13.2. The van der Waals surface area contributed by atoms with Crippen LogP contribution < -0.4 is 5.32 Å². The summed E-state index contributed by atoms with van der Waals surface area (Å²) in [4.78, 5) is 28.1. The van der Waals surface area contributed by atoms with Gasteiger partial charge in [0.25, 0.3) is 0 Å². The smallest absolute Gasteiger partial charge is 0.405 e. The van der Waals surface area contributed by atoms with Crippen molar-refractivity contribution >= 4 is 33.4 Å². The first kappa shape index (κ1) is 24.8. The van der Waals surface area contributed by atoms with Crippen molar-refractivity contribution in [3.8, 4) is 0 Å². The highest BCUT2D eigenvalue weighted by atomic mass is 35.5. The van der Waals surface area contributed by atoms with Crippen molar-refractivity contribution in [1.29, 1.82) is 0 Å².